The third-order valence-corrected chi connectivity index (χ3v) is 2.20. The minimum absolute atomic E-state index is 0.148. The highest BCUT2D eigenvalue weighted by atomic mass is 16.5. The summed E-state index contributed by atoms with van der Waals surface area (Å²) in [7, 11) is 1.29. The van der Waals surface area contributed by atoms with Crippen molar-refractivity contribution in [2.24, 2.45) is 5.41 Å². The lowest BCUT2D eigenvalue weighted by molar-refractivity contribution is -0.151. The molecule has 0 radical (unpaired) electrons. The van der Waals surface area contributed by atoms with Crippen LogP contribution in [0.4, 0.5) is 0 Å². The number of nitrogens with one attached hydrogen (secondary N) is 1. The van der Waals surface area contributed by atoms with Crippen LogP contribution in [0.3, 0.4) is 0 Å². The zero-order chi connectivity index (χ0) is 12.3. The fourth-order valence-electron chi connectivity index (χ4n) is 1.34. The van der Waals surface area contributed by atoms with Crippen molar-refractivity contribution in [1.82, 2.24) is 9.55 Å². The molecule has 1 aromatic rings. The van der Waals surface area contributed by atoms with Crippen molar-refractivity contribution in [1.29, 1.82) is 0 Å². The van der Waals surface area contributed by atoms with Gasteiger partial charge in [0.2, 0.25) is 0 Å². The van der Waals surface area contributed by atoms with Gasteiger partial charge in [-0.05, 0) is 13.8 Å². The highest BCUT2D eigenvalue weighted by Gasteiger charge is 2.29. The molecular formula is C10H14N2O4. The molecule has 1 aromatic heterocycles. The maximum absolute atomic E-state index is 11.4. The first-order valence-electron chi connectivity index (χ1n) is 4.75. The number of rotatable bonds is 3. The molecule has 0 aliphatic heterocycles. The average molecular weight is 226 g/mol. The molecule has 6 heteroatoms. The molecule has 6 nitrogen and oxygen atoms in total. The zero-order valence-corrected chi connectivity index (χ0v) is 9.44. The number of aromatic nitrogens is 2. The van der Waals surface area contributed by atoms with Crippen LogP contribution in [0, 0.1) is 5.41 Å². The minimum Gasteiger partial charge on any atom is -0.469 e. The molecule has 0 bridgehead atoms. The molecule has 0 saturated heterocycles. The van der Waals surface area contributed by atoms with Gasteiger partial charge in [-0.25, -0.2) is 4.79 Å². The Balaban J connectivity index is 3.01. The summed E-state index contributed by atoms with van der Waals surface area (Å²) in [6, 6.07) is 1.23. The van der Waals surface area contributed by atoms with Crippen molar-refractivity contribution in [3.63, 3.8) is 0 Å². The first kappa shape index (κ1) is 12.2. The van der Waals surface area contributed by atoms with E-state index in [1.54, 1.807) is 13.8 Å². The number of ether oxygens (including phenoxy) is 1. The highest BCUT2D eigenvalue weighted by molar-refractivity contribution is 5.75. The maximum atomic E-state index is 11.4. The van der Waals surface area contributed by atoms with Gasteiger partial charge < -0.3 is 4.74 Å². The minimum atomic E-state index is -0.823. The van der Waals surface area contributed by atoms with Crippen molar-refractivity contribution < 1.29 is 9.53 Å². The summed E-state index contributed by atoms with van der Waals surface area (Å²) in [5, 5.41) is 0. The predicted molar refractivity (Wildman–Crippen MR) is 57.1 cm³/mol. The molecular weight excluding hydrogens is 212 g/mol. The molecule has 0 spiro atoms. The number of carbonyl (C=O) groups excluding carboxylic acids is 1. The van der Waals surface area contributed by atoms with Gasteiger partial charge in [0.25, 0.3) is 5.56 Å². The number of aromatic amines is 1. The molecule has 0 amide bonds. The molecule has 0 aromatic carbocycles. The summed E-state index contributed by atoms with van der Waals surface area (Å²) < 4.78 is 5.89. The van der Waals surface area contributed by atoms with E-state index in [0.717, 1.165) is 0 Å². The van der Waals surface area contributed by atoms with Crippen molar-refractivity contribution in [2.45, 2.75) is 20.4 Å². The molecule has 0 saturated carbocycles. The normalized spacial score (nSPS) is 11.2. The van der Waals surface area contributed by atoms with Gasteiger partial charge in [-0.1, -0.05) is 0 Å². The van der Waals surface area contributed by atoms with E-state index < -0.39 is 22.6 Å². The first-order valence-corrected chi connectivity index (χ1v) is 4.75. The summed E-state index contributed by atoms with van der Waals surface area (Å²) in [4.78, 5) is 35.7. The molecule has 0 aliphatic rings. The van der Waals surface area contributed by atoms with Crippen LogP contribution in [0.25, 0.3) is 0 Å². The average Bonchev–Trinajstić information content (AvgIpc) is 2.21. The van der Waals surface area contributed by atoms with Gasteiger partial charge in [0.05, 0.1) is 12.5 Å². The first-order chi connectivity index (χ1) is 7.36. The summed E-state index contributed by atoms with van der Waals surface area (Å²) >= 11 is 0. The van der Waals surface area contributed by atoms with Gasteiger partial charge in [0, 0.05) is 18.8 Å². The highest BCUT2D eigenvalue weighted by Crippen LogP contribution is 2.18. The third kappa shape index (κ3) is 2.59. The van der Waals surface area contributed by atoms with Crippen LogP contribution in [0.5, 0.6) is 0 Å². The number of hydrogen-bond acceptors (Lipinski definition) is 4. The Kier molecular flexibility index (Phi) is 3.31. The molecule has 0 unspecified atom stereocenters. The van der Waals surface area contributed by atoms with E-state index >= 15 is 0 Å². The molecule has 88 valence electrons. The standard InChI is InChI=1S/C10H14N2O4/c1-10(2,8(14)16-3)6-12-5-4-7(13)11-9(12)15/h4-5H,6H2,1-3H3,(H,11,13,15). The van der Waals surface area contributed by atoms with E-state index in [4.69, 9.17) is 0 Å². The lowest BCUT2D eigenvalue weighted by Crippen LogP contribution is -2.37. The van der Waals surface area contributed by atoms with Gasteiger partial charge in [-0.3, -0.25) is 19.1 Å². The maximum Gasteiger partial charge on any atom is 0.328 e. The van der Waals surface area contributed by atoms with Gasteiger partial charge >= 0.3 is 11.7 Å². The zero-order valence-electron chi connectivity index (χ0n) is 9.44. The molecule has 0 aliphatic carbocycles. The Morgan fingerprint density at radius 3 is 2.62 bits per heavy atom. The summed E-state index contributed by atoms with van der Waals surface area (Å²) in [6.07, 6.45) is 1.35. The smallest absolute Gasteiger partial charge is 0.328 e. The molecule has 1 N–H and O–H groups in total. The molecule has 16 heavy (non-hydrogen) atoms. The third-order valence-electron chi connectivity index (χ3n) is 2.20. The summed E-state index contributed by atoms with van der Waals surface area (Å²) in [5.41, 5.74) is -1.82. The summed E-state index contributed by atoms with van der Waals surface area (Å²) in [6.45, 7) is 3.47. The number of nitrogens with zero attached hydrogens (tertiary/aromatic N) is 1. The Bertz CT molecular complexity index is 498. The second kappa shape index (κ2) is 4.34. The predicted octanol–water partition coefficient (Wildman–Crippen LogP) is -0.264. The van der Waals surface area contributed by atoms with E-state index in [0.29, 0.717) is 0 Å². The summed E-state index contributed by atoms with van der Waals surface area (Å²) in [5.74, 6) is -0.411. The van der Waals surface area contributed by atoms with E-state index in [9.17, 15) is 14.4 Å². The number of methoxy groups -OCH3 is 1. The van der Waals surface area contributed by atoms with Crippen LogP contribution in [-0.4, -0.2) is 22.6 Å². The number of carbonyl (C=O) groups is 1. The SMILES string of the molecule is COC(=O)C(C)(C)Cn1ccc(=O)[nH]c1=O. The van der Waals surface area contributed by atoms with Crippen molar-refractivity contribution in [3.05, 3.63) is 33.1 Å². The number of H-pyrrole nitrogens is 1. The largest absolute Gasteiger partial charge is 0.469 e. The molecule has 0 atom stereocenters. The number of esters is 1. The van der Waals surface area contributed by atoms with Crippen LogP contribution in [0.1, 0.15) is 13.8 Å². The van der Waals surface area contributed by atoms with Gasteiger partial charge in [0.15, 0.2) is 0 Å². The Hall–Kier alpha value is -1.85. The van der Waals surface area contributed by atoms with Gasteiger partial charge in [-0.15, -0.1) is 0 Å². The Labute approximate surface area is 91.9 Å². The van der Waals surface area contributed by atoms with Crippen molar-refractivity contribution in [3.8, 4) is 0 Å². The molecule has 1 heterocycles. The Morgan fingerprint density at radius 1 is 1.50 bits per heavy atom. The molecule has 0 fully saturated rings. The lowest BCUT2D eigenvalue weighted by atomic mass is 9.94. The monoisotopic (exact) mass is 226 g/mol. The van der Waals surface area contributed by atoms with E-state index in [1.165, 1.54) is 23.9 Å². The number of hydrogen-bond donors (Lipinski definition) is 1. The Morgan fingerprint density at radius 2 is 2.12 bits per heavy atom. The van der Waals surface area contributed by atoms with Crippen LogP contribution in [0.2, 0.25) is 0 Å². The quantitative estimate of drug-likeness (QED) is 0.720. The van der Waals surface area contributed by atoms with Crippen LogP contribution < -0.4 is 11.2 Å². The van der Waals surface area contributed by atoms with E-state index in [2.05, 4.69) is 9.72 Å². The van der Waals surface area contributed by atoms with Crippen molar-refractivity contribution in [2.75, 3.05) is 7.11 Å². The van der Waals surface area contributed by atoms with Gasteiger partial charge in [-0.2, -0.15) is 0 Å². The van der Waals surface area contributed by atoms with Crippen molar-refractivity contribution >= 4 is 5.97 Å². The van der Waals surface area contributed by atoms with E-state index in [1.807, 2.05) is 0 Å². The fourth-order valence-corrected chi connectivity index (χ4v) is 1.34. The second-order valence-corrected chi connectivity index (χ2v) is 4.11. The van der Waals surface area contributed by atoms with Crippen LogP contribution in [-0.2, 0) is 16.1 Å². The second-order valence-electron chi connectivity index (χ2n) is 4.11. The molecule has 1 rings (SSSR count). The fraction of sp³-hybridized carbons (Fsp3) is 0.500. The van der Waals surface area contributed by atoms with E-state index in [-0.39, 0.29) is 6.54 Å². The van der Waals surface area contributed by atoms with Crippen LogP contribution in [0.15, 0.2) is 21.9 Å². The lowest BCUT2D eigenvalue weighted by Gasteiger charge is -2.21. The topological polar surface area (TPSA) is 81.2 Å². The van der Waals surface area contributed by atoms with Crippen LogP contribution >= 0.6 is 0 Å². The van der Waals surface area contributed by atoms with Gasteiger partial charge in [0.1, 0.15) is 0 Å².